The van der Waals surface area contributed by atoms with E-state index in [4.69, 9.17) is 21.8 Å². The Labute approximate surface area is 168 Å². The van der Waals surface area contributed by atoms with Crippen LogP contribution in [0.2, 0.25) is 5.15 Å². The number of aromatic nitrogens is 2. The van der Waals surface area contributed by atoms with Crippen LogP contribution in [0.15, 0.2) is 35.3 Å². The fraction of sp³-hybridized carbons (Fsp3) is 0.294. The molecule has 1 aliphatic rings. The number of hydrogen-bond donors (Lipinski definition) is 1. The van der Waals surface area contributed by atoms with Crippen LogP contribution in [0.5, 0.6) is 0 Å². The van der Waals surface area contributed by atoms with E-state index in [0.29, 0.717) is 25.1 Å². The van der Waals surface area contributed by atoms with Gasteiger partial charge in [0.2, 0.25) is 0 Å². The number of alkyl halides is 3. The van der Waals surface area contributed by atoms with Crippen molar-refractivity contribution in [1.29, 1.82) is 0 Å². The Morgan fingerprint density at radius 3 is 2.68 bits per heavy atom. The highest BCUT2D eigenvalue weighted by Crippen LogP contribution is 2.37. The fourth-order valence-corrected chi connectivity index (χ4v) is 3.42. The zero-order chi connectivity index (χ0) is 19.3. The Bertz CT molecular complexity index is 1020. The number of rotatable bonds is 2. The number of carbonyl (C=O) groups is 1. The van der Waals surface area contributed by atoms with Gasteiger partial charge in [0, 0.05) is 36.5 Å². The van der Waals surface area contributed by atoms with E-state index in [9.17, 15) is 18.0 Å². The lowest BCUT2D eigenvalue weighted by atomic mass is 10.1. The molecular weight excluding hydrogens is 420 g/mol. The van der Waals surface area contributed by atoms with E-state index in [1.54, 1.807) is 0 Å². The first-order chi connectivity index (χ1) is 12.8. The Balaban J connectivity index is 0.00000225. The third kappa shape index (κ3) is 3.45. The summed E-state index contributed by atoms with van der Waals surface area (Å²) in [7, 11) is 0. The number of amides is 1. The molecule has 28 heavy (non-hydrogen) atoms. The van der Waals surface area contributed by atoms with Gasteiger partial charge in [-0.15, -0.1) is 12.4 Å². The molecule has 1 atom stereocenters. The molecule has 0 aliphatic carbocycles. The van der Waals surface area contributed by atoms with Gasteiger partial charge < -0.3 is 15.1 Å². The molecule has 0 aromatic carbocycles. The summed E-state index contributed by atoms with van der Waals surface area (Å²) < 4.78 is 46.8. The van der Waals surface area contributed by atoms with E-state index in [0.717, 1.165) is 10.5 Å². The van der Waals surface area contributed by atoms with E-state index < -0.39 is 23.3 Å². The third-order valence-corrected chi connectivity index (χ3v) is 4.90. The molecule has 150 valence electrons. The van der Waals surface area contributed by atoms with Crippen LogP contribution in [0, 0.1) is 0 Å². The summed E-state index contributed by atoms with van der Waals surface area (Å²) in [6, 6.07) is 2.33. The molecule has 6 nitrogen and oxygen atoms in total. The lowest BCUT2D eigenvalue weighted by Gasteiger charge is -2.14. The van der Waals surface area contributed by atoms with Crippen LogP contribution in [0.3, 0.4) is 0 Å². The molecule has 1 aliphatic heterocycles. The second-order valence-electron chi connectivity index (χ2n) is 6.40. The number of nitrogens with zero attached hydrogens (tertiary/aromatic N) is 3. The molecular formula is C17H15Cl2F3N4O2. The predicted octanol–water partition coefficient (Wildman–Crippen LogP) is 3.86. The molecule has 0 saturated carbocycles. The Morgan fingerprint density at radius 1 is 1.36 bits per heavy atom. The van der Waals surface area contributed by atoms with E-state index in [1.807, 2.05) is 0 Å². The Kier molecular flexibility index (Phi) is 5.35. The zero-order valence-electron chi connectivity index (χ0n) is 14.2. The first-order valence-corrected chi connectivity index (χ1v) is 8.49. The Morgan fingerprint density at radius 2 is 2.11 bits per heavy atom. The molecule has 2 N–H and O–H groups in total. The molecule has 4 heterocycles. The molecule has 0 spiro atoms. The first kappa shape index (κ1) is 20.5. The zero-order valence-corrected chi connectivity index (χ0v) is 15.8. The number of nitrogens with two attached hydrogens (primary N) is 1. The van der Waals surface area contributed by atoms with E-state index in [2.05, 4.69) is 4.98 Å². The monoisotopic (exact) mass is 434 g/mol. The van der Waals surface area contributed by atoms with Crippen molar-refractivity contribution in [2.75, 3.05) is 13.1 Å². The molecule has 1 fully saturated rings. The molecule has 1 saturated heterocycles. The predicted molar refractivity (Wildman–Crippen MR) is 98.6 cm³/mol. The second kappa shape index (κ2) is 7.31. The van der Waals surface area contributed by atoms with Crippen LogP contribution in [-0.4, -0.2) is 39.3 Å². The minimum absolute atomic E-state index is 0. The van der Waals surface area contributed by atoms with Crippen LogP contribution in [0.25, 0.3) is 16.8 Å². The highest BCUT2D eigenvalue weighted by Gasteiger charge is 2.37. The number of hydrogen-bond acceptors (Lipinski definition) is 4. The SMILES string of the molecule is Cl.NC1CCN(C(=O)c2nc3c(C(F)(F)F)cc(-c4ccoc4)cn3c2Cl)C1. The molecule has 3 aromatic heterocycles. The molecule has 4 rings (SSSR count). The minimum Gasteiger partial charge on any atom is -0.472 e. The van der Waals surface area contributed by atoms with E-state index >= 15 is 0 Å². The first-order valence-electron chi connectivity index (χ1n) is 8.12. The van der Waals surface area contributed by atoms with Crippen molar-refractivity contribution in [2.24, 2.45) is 5.73 Å². The van der Waals surface area contributed by atoms with Crippen LogP contribution in [0.4, 0.5) is 13.2 Å². The number of likely N-dealkylation sites (tertiary alicyclic amines) is 1. The summed E-state index contributed by atoms with van der Waals surface area (Å²) in [6.45, 7) is 0.728. The lowest BCUT2D eigenvalue weighted by Crippen LogP contribution is -2.32. The van der Waals surface area contributed by atoms with Gasteiger partial charge in [-0.3, -0.25) is 9.20 Å². The molecule has 0 bridgehead atoms. The van der Waals surface area contributed by atoms with E-state index in [-0.39, 0.29) is 34.9 Å². The average molecular weight is 435 g/mol. The molecule has 1 unspecified atom stereocenters. The number of carbonyl (C=O) groups excluding carboxylic acids is 1. The van der Waals surface area contributed by atoms with Crippen molar-refractivity contribution in [3.8, 4) is 11.1 Å². The topological polar surface area (TPSA) is 76.8 Å². The number of furan rings is 1. The molecule has 11 heteroatoms. The number of fused-ring (bicyclic) bond motifs is 1. The maximum atomic E-state index is 13.6. The maximum Gasteiger partial charge on any atom is 0.420 e. The van der Waals surface area contributed by atoms with E-state index in [1.165, 1.54) is 29.7 Å². The largest absolute Gasteiger partial charge is 0.472 e. The van der Waals surface area contributed by atoms with Crippen molar-refractivity contribution in [2.45, 2.75) is 18.6 Å². The molecule has 1 amide bonds. The summed E-state index contributed by atoms with van der Waals surface area (Å²) in [5.41, 5.74) is 4.86. The van der Waals surface area contributed by atoms with Crippen LogP contribution in [0.1, 0.15) is 22.5 Å². The van der Waals surface area contributed by atoms with Crippen LogP contribution < -0.4 is 5.73 Å². The van der Waals surface area contributed by atoms with Gasteiger partial charge in [-0.1, -0.05) is 11.6 Å². The number of imidazole rings is 1. The summed E-state index contributed by atoms with van der Waals surface area (Å²) in [5.74, 6) is -0.533. The quantitative estimate of drug-likeness (QED) is 0.664. The fourth-order valence-electron chi connectivity index (χ4n) is 3.17. The van der Waals surface area contributed by atoms with Gasteiger partial charge >= 0.3 is 6.18 Å². The lowest BCUT2D eigenvalue weighted by molar-refractivity contribution is -0.136. The van der Waals surface area contributed by atoms with Gasteiger partial charge in [-0.25, -0.2) is 4.98 Å². The normalized spacial score (nSPS) is 17.2. The smallest absolute Gasteiger partial charge is 0.420 e. The third-order valence-electron chi connectivity index (χ3n) is 4.54. The number of pyridine rings is 1. The van der Waals surface area contributed by atoms with Gasteiger partial charge in [-0.05, 0) is 18.6 Å². The van der Waals surface area contributed by atoms with Gasteiger partial charge in [0.15, 0.2) is 11.3 Å². The highest BCUT2D eigenvalue weighted by molar-refractivity contribution is 6.33. The minimum atomic E-state index is -4.67. The van der Waals surface area contributed by atoms with Crippen molar-refractivity contribution < 1.29 is 22.4 Å². The summed E-state index contributed by atoms with van der Waals surface area (Å²) in [6.07, 6.45) is 0.0239. The highest BCUT2D eigenvalue weighted by atomic mass is 35.5. The van der Waals surface area contributed by atoms with Crippen LogP contribution >= 0.6 is 24.0 Å². The van der Waals surface area contributed by atoms with Gasteiger partial charge in [0.25, 0.3) is 5.91 Å². The van der Waals surface area contributed by atoms with Gasteiger partial charge in [0.1, 0.15) is 5.15 Å². The van der Waals surface area contributed by atoms with Crippen molar-refractivity contribution in [3.63, 3.8) is 0 Å². The van der Waals surface area contributed by atoms with Crippen molar-refractivity contribution in [3.05, 3.63) is 47.3 Å². The summed E-state index contributed by atoms with van der Waals surface area (Å²) in [4.78, 5) is 18.0. The van der Waals surface area contributed by atoms with Gasteiger partial charge in [0.05, 0.1) is 18.1 Å². The maximum absolute atomic E-state index is 13.6. The van der Waals surface area contributed by atoms with Gasteiger partial charge in [-0.2, -0.15) is 13.2 Å². The Hall–Kier alpha value is -2.23. The number of halogens is 5. The molecule has 3 aromatic rings. The summed E-state index contributed by atoms with van der Waals surface area (Å²) >= 11 is 6.25. The average Bonchev–Trinajstić information content (AvgIpc) is 3.33. The van der Waals surface area contributed by atoms with Crippen molar-refractivity contribution in [1.82, 2.24) is 14.3 Å². The standard InChI is InChI=1S/C17H14ClF3N4O2.ClH/c18-14-13(16(26)24-3-1-11(22)7-24)23-15-12(17(19,20)21)5-10(6-25(14)15)9-2-4-27-8-9;/h2,4-6,8,11H,1,3,7,22H2;1H. The second-order valence-corrected chi connectivity index (χ2v) is 6.76. The molecule has 0 radical (unpaired) electrons. The summed E-state index contributed by atoms with van der Waals surface area (Å²) in [5, 5.41) is -0.175. The van der Waals surface area contributed by atoms with Crippen molar-refractivity contribution >= 4 is 35.6 Å². The van der Waals surface area contributed by atoms with Crippen LogP contribution in [-0.2, 0) is 6.18 Å².